The van der Waals surface area contributed by atoms with E-state index in [2.05, 4.69) is 15.3 Å². The number of hydrogen-bond donors (Lipinski definition) is 2. The zero-order valence-electron chi connectivity index (χ0n) is 12.8. The molecule has 1 amide bonds. The number of carbonyl (C=O) groups excluding carboxylic acids is 1. The number of amides is 1. The average molecular weight is 336 g/mol. The highest BCUT2D eigenvalue weighted by atomic mass is 32.2. The number of nitrogens with zero attached hydrogens (tertiary/aromatic N) is 2. The van der Waals surface area contributed by atoms with Crippen LogP contribution in [0.2, 0.25) is 0 Å². The Bertz CT molecular complexity index is 822. The van der Waals surface area contributed by atoms with Crippen LogP contribution in [-0.4, -0.2) is 15.9 Å². The fourth-order valence-corrected chi connectivity index (χ4v) is 3.02. The van der Waals surface area contributed by atoms with Crippen LogP contribution in [0.5, 0.6) is 0 Å². The van der Waals surface area contributed by atoms with Crippen molar-refractivity contribution in [2.45, 2.75) is 10.8 Å². The number of rotatable bonds is 5. The zero-order chi connectivity index (χ0) is 16.8. The first-order valence-electron chi connectivity index (χ1n) is 7.36. The maximum Gasteiger partial charge on any atom is 0.258 e. The second-order valence-electron chi connectivity index (χ2n) is 5.08. The van der Waals surface area contributed by atoms with Crippen molar-refractivity contribution in [3.05, 3.63) is 78.2 Å². The van der Waals surface area contributed by atoms with Crippen molar-refractivity contribution in [1.29, 1.82) is 0 Å². The smallest absolute Gasteiger partial charge is 0.258 e. The lowest BCUT2D eigenvalue weighted by Gasteiger charge is -2.09. The molecule has 0 atom stereocenters. The highest BCUT2D eigenvalue weighted by Gasteiger charge is 2.13. The zero-order valence-corrected chi connectivity index (χ0v) is 13.7. The minimum atomic E-state index is -0.190. The third kappa shape index (κ3) is 4.11. The van der Waals surface area contributed by atoms with Gasteiger partial charge in [0.15, 0.2) is 0 Å². The first-order chi connectivity index (χ1) is 11.7. The quantitative estimate of drug-likeness (QED) is 0.549. The van der Waals surface area contributed by atoms with E-state index >= 15 is 0 Å². The molecule has 0 fully saturated rings. The minimum absolute atomic E-state index is 0.190. The number of aromatic nitrogens is 2. The molecule has 0 radical (unpaired) electrons. The molecule has 0 aliphatic carbocycles. The van der Waals surface area contributed by atoms with Gasteiger partial charge in [-0.25, -0.2) is 4.98 Å². The number of nitrogen functional groups attached to an aromatic ring is 1. The number of thioether (sulfide) groups is 1. The van der Waals surface area contributed by atoms with Gasteiger partial charge >= 0.3 is 0 Å². The summed E-state index contributed by atoms with van der Waals surface area (Å²) in [6.45, 7) is 0. The van der Waals surface area contributed by atoms with Gasteiger partial charge in [-0.3, -0.25) is 9.78 Å². The van der Waals surface area contributed by atoms with Crippen molar-refractivity contribution < 1.29 is 4.79 Å². The second kappa shape index (κ2) is 7.61. The lowest BCUT2D eigenvalue weighted by Crippen LogP contribution is -2.13. The molecule has 0 saturated heterocycles. The normalized spacial score (nSPS) is 10.3. The maximum absolute atomic E-state index is 12.5. The van der Waals surface area contributed by atoms with Crippen LogP contribution in [0, 0.1) is 0 Å². The van der Waals surface area contributed by atoms with Gasteiger partial charge < -0.3 is 11.1 Å². The Morgan fingerprint density at radius 3 is 2.54 bits per heavy atom. The van der Waals surface area contributed by atoms with Crippen molar-refractivity contribution >= 4 is 29.0 Å². The summed E-state index contributed by atoms with van der Waals surface area (Å²) in [5.41, 5.74) is 8.69. The lowest BCUT2D eigenvalue weighted by atomic mass is 10.2. The summed E-state index contributed by atoms with van der Waals surface area (Å²) in [7, 11) is 0. The lowest BCUT2D eigenvalue weighted by molar-refractivity contribution is 0.102. The number of nitrogens with two attached hydrogens (primary N) is 1. The highest BCUT2D eigenvalue weighted by Crippen LogP contribution is 2.24. The number of pyridine rings is 2. The summed E-state index contributed by atoms with van der Waals surface area (Å²) in [6, 6.07) is 14.5. The van der Waals surface area contributed by atoms with Gasteiger partial charge in [-0.1, -0.05) is 0 Å². The average Bonchev–Trinajstić information content (AvgIpc) is 2.63. The van der Waals surface area contributed by atoms with Gasteiger partial charge in [0.2, 0.25) is 0 Å². The Balaban J connectivity index is 1.73. The minimum Gasteiger partial charge on any atom is -0.399 e. The standard InChI is InChI=1S/C18H16N4OS/c19-14-3-5-15(6-4-14)22-17(23)16-2-1-9-21-18(16)24-12-13-7-10-20-11-8-13/h1-11H,12,19H2,(H,22,23). The molecule has 3 aromatic rings. The number of nitrogens with one attached hydrogen (secondary N) is 1. The molecule has 0 spiro atoms. The molecule has 2 heterocycles. The van der Waals surface area contributed by atoms with Crippen LogP contribution in [0.3, 0.4) is 0 Å². The fourth-order valence-electron chi connectivity index (χ4n) is 2.07. The Hall–Kier alpha value is -2.86. The summed E-state index contributed by atoms with van der Waals surface area (Å²) in [5, 5.41) is 3.56. The van der Waals surface area contributed by atoms with Crippen LogP contribution in [-0.2, 0) is 5.75 Å². The predicted octanol–water partition coefficient (Wildman–Crippen LogP) is 3.60. The van der Waals surface area contributed by atoms with Gasteiger partial charge in [-0.2, -0.15) is 0 Å². The second-order valence-corrected chi connectivity index (χ2v) is 6.04. The van der Waals surface area contributed by atoms with Crippen molar-refractivity contribution in [3.63, 3.8) is 0 Å². The van der Waals surface area contributed by atoms with Gasteiger partial charge in [-0.15, -0.1) is 11.8 Å². The SMILES string of the molecule is Nc1ccc(NC(=O)c2cccnc2SCc2ccncc2)cc1. The molecular weight excluding hydrogens is 320 g/mol. The molecule has 3 N–H and O–H groups in total. The topological polar surface area (TPSA) is 80.9 Å². The molecule has 0 bridgehead atoms. The Labute approximate surface area is 144 Å². The van der Waals surface area contributed by atoms with E-state index in [0.29, 0.717) is 22.0 Å². The van der Waals surface area contributed by atoms with Crippen LogP contribution < -0.4 is 11.1 Å². The van der Waals surface area contributed by atoms with Gasteiger partial charge in [0, 0.05) is 35.7 Å². The van der Waals surface area contributed by atoms with Crippen molar-refractivity contribution in [2.24, 2.45) is 0 Å². The van der Waals surface area contributed by atoms with Crippen LogP contribution >= 0.6 is 11.8 Å². The van der Waals surface area contributed by atoms with E-state index in [4.69, 9.17) is 5.73 Å². The molecule has 5 nitrogen and oxygen atoms in total. The molecule has 0 saturated carbocycles. The largest absolute Gasteiger partial charge is 0.399 e. The van der Waals surface area contributed by atoms with E-state index in [0.717, 1.165) is 11.3 Å². The third-order valence-electron chi connectivity index (χ3n) is 3.31. The van der Waals surface area contributed by atoms with Crippen molar-refractivity contribution in [2.75, 3.05) is 11.1 Å². The molecule has 24 heavy (non-hydrogen) atoms. The van der Waals surface area contributed by atoms with Crippen LogP contribution in [0.15, 0.2) is 72.1 Å². The van der Waals surface area contributed by atoms with Crippen molar-refractivity contribution in [3.8, 4) is 0 Å². The van der Waals surface area contributed by atoms with E-state index in [1.165, 1.54) is 11.8 Å². The van der Waals surface area contributed by atoms with E-state index in [9.17, 15) is 4.79 Å². The summed E-state index contributed by atoms with van der Waals surface area (Å²) in [5.74, 6) is 0.534. The van der Waals surface area contributed by atoms with Gasteiger partial charge in [0.05, 0.1) is 5.56 Å². The summed E-state index contributed by atoms with van der Waals surface area (Å²) in [4.78, 5) is 20.9. The summed E-state index contributed by atoms with van der Waals surface area (Å²) >= 11 is 1.52. The molecule has 120 valence electrons. The van der Waals surface area contributed by atoms with Gasteiger partial charge in [0.25, 0.3) is 5.91 Å². The van der Waals surface area contributed by atoms with Gasteiger partial charge in [-0.05, 0) is 54.1 Å². The Morgan fingerprint density at radius 1 is 1.04 bits per heavy atom. The fraction of sp³-hybridized carbons (Fsp3) is 0.0556. The molecular formula is C18H16N4OS. The number of hydrogen-bond acceptors (Lipinski definition) is 5. The first kappa shape index (κ1) is 16.0. The summed E-state index contributed by atoms with van der Waals surface area (Å²) < 4.78 is 0. The molecule has 0 aliphatic rings. The molecule has 0 aliphatic heterocycles. The van der Waals surface area contributed by atoms with E-state index < -0.39 is 0 Å². The van der Waals surface area contributed by atoms with Gasteiger partial charge in [0.1, 0.15) is 5.03 Å². The monoisotopic (exact) mass is 336 g/mol. The van der Waals surface area contributed by atoms with E-state index in [1.54, 1.807) is 55.0 Å². The molecule has 6 heteroatoms. The molecule has 1 aromatic carbocycles. The van der Waals surface area contributed by atoms with E-state index in [1.807, 2.05) is 12.1 Å². The van der Waals surface area contributed by atoms with Crippen LogP contribution in [0.4, 0.5) is 11.4 Å². The Morgan fingerprint density at radius 2 is 1.79 bits per heavy atom. The number of benzene rings is 1. The number of carbonyl (C=O) groups is 1. The van der Waals surface area contributed by atoms with Crippen LogP contribution in [0.1, 0.15) is 15.9 Å². The van der Waals surface area contributed by atoms with Crippen molar-refractivity contribution in [1.82, 2.24) is 9.97 Å². The number of anilines is 2. The summed E-state index contributed by atoms with van der Waals surface area (Å²) in [6.07, 6.45) is 5.20. The highest BCUT2D eigenvalue weighted by molar-refractivity contribution is 7.98. The maximum atomic E-state index is 12.5. The molecule has 2 aromatic heterocycles. The molecule has 0 unspecified atom stereocenters. The van der Waals surface area contributed by atoms with E-state index in [-0.39, 0.29) is 5.91 Å². The Kier molecular flexibility index (Phi) is 5.08. The molecule has 3 rings (SSSR count). The predicted molar refractivity (Wildman–Crippen MR) is 96.8 cm³/mol. The first-order valence-corrected chi connectivity index (χ1v) is 8.34. The van der Waals surface area contributed by atoms with Crippen LogP contribution in [0.25, 0.3) is 0 Å². The third-order valence-corrected chi connectivity index (χ3v) is 4.39.